The summed E-state index contributed by atoms with van der Waals surface area (Å²) in [5.41, 5.74) is 1.64. The molecule has 1 aromatic heterocycles. The highest BCUT2D eigenvalue weighted by atomic mass is 32.1. The Balaban J connectivity index is 2.16. The fraction of sp³-hybridized carbons (Fsp3) is 0.357. The number of halogens is 3. The van der Waals surface area contributed by atoms with Crippen molar-refractivity contribution in [3.8, 4) is 5.75 Å². The minimum Gasteiger partial charge on any atom is -0.406 e. The van der Waals surface area contributed by atoms with Gasteiger partial charge in [-0.25, -0.2) is 4.98 Å². The Morgan fingerprint density at radius 3 is 2.71 bits per heavy atom. The SMILES string of the molecule is CNC(Cc1csc(C)n1)c1cccc(OC(F)(F)F)c1. The second-order valence-corrected chi connectivity index (χ2v) is 5.59. The lowest BCUT2D eigenvalue weighted by Gasteiger charge is -2.17. The van der Waals surface area contributed by atoms with Gasteiger partial charge in [-0.1, -0.05) is 12.1 Å². The van der Waals surface area contributed by atoms with Crippen molar-refractivity contribution >= 4 is 11.3 Å². The third kappa shape index (κ3) is 4.71. The van der Waals surface area contributed by atoms with Crippen LogP contribution in [0, 0.1) is 6.92 Å². The van der Waals surface area contributed by atoms with Crippen LogP contribution in [0.3, 0.4) is 0 Å². The molecule has 1 unspecified atom stereocenters. The molecule has 0 aliphatic heterocycles. The third-order valence-corrected chi connectivity index (χ3v) is 3.74. The van der Waals surface area contributed by atoms with Crippen LogP contribution in [0.15, 0.2) is 29.6 Å². The lowest BCUT2D eigenvalue weighted by Crippen LogP contribution is -2.20. The van der Waals surface area contributed by atoms with Gasteiger partial charge in [-0.3, -0.25) is 0 Å². The molecule has 1 N–H and O–H groups in total. The van der Waals surface area contributed by atoms with E-state index in [0.29, 0.717) is 6.42 Å². The number of hydrogen-bond acceptors (Lipinski definition) is 4. The van der Waals surface area contributed by atoms with Crippen LogP contribution in [0.4, 0.5) is 13.2 Å². The van der Waals surface area contributed by atoms with Crippen LogP contribution in [-0.4, -0.2) is 18.4 Å². The number of benzene rings is 1. The van der Waals surface area contributed by atoms with Gasteiger partial charge in [0.05, 0.1) is 10.7 Å². The lowest BCUT2D eigenvalue weighted by atomic mass is 10.0. The van der Waals surface area contributed by atoms with Crippen LogP contribution in [0.25, 0.3) is 0 Å². The van der Waals surface area contributed by atoms with E-state index in [9.17, 15) is 13.2 Å². The highest BCUT2D eigenvalue weighted by Gasteiger charge is 2.31. The number of aryl methyl sites for hydroxylation is 1. The number of aromatic nitrogens is 1. The Bertz CT molecular complexity index is 598. The Morgan fingerprint density at radius 2 is 2.14 bits per heavy atom. The van der Waals surface area contributed by atoms with Crippen molar-refractivity contribution in [3.05, 3.63) is 45.9 Å². The maximum Gasteiger partial charge on any atom is 0.573 e. The van der Waals surface area contributed by atoms with Crippen LogP contribution >= 0.6 is 11.3 Å². The van der Waals surface area contributed by atoms with E-state index in [1.807, 2.05) is 12.3 Å². The smallest absolute Gasteiger partial charge is 0.406 e. The van der Waals surface area contributed by atoms with Crippen molar-refractivity contribution in [2.75, 3.05) is 7.05 Å². The van der Waals surface area contributed by atoms with Gasteiger partial charge in [-0.2, -0.15) is 0 Å². The molecule has 0 aliphatic rings. The number of nitrogens with zero attached hydrogens (tertiary/aromatic N) is 1. The van der Waals surface area contributed by atoms with Gasteiger partial charge in [0.15, 0.2) is 0 Å². The van der Waals surface area contributed by atoms with Crippen molar-refractivity contribution in [3.63, 3.8) is 0 Å². The fourth-order valence-corrected chi connectivity index (χ4v) is 2.65. The molecule has 0 bridgehead atoms. The van der Waals surface area contributed by atoms with E-state index in [1.165, 1.54) is 12.1 Å². The molecule has 0 saturated carbocycles. The second kappa shape index (κ2) is 6.44. The summed E-state index contributed by atoms with van der Waals surface area (Å²) in [5.74, 6) is -0.213. The molecular formula is C14H15F3N2OS. The number of nitrogens with one attached hydrogen (secondary N) is 1. The summed E-state index contributed by atoms with van der Waals surface area (Å²) in [6.45, 7) is 1.92. The lowest BCUT2D eigenvalue weighted by molar-refractivity contribution is -0.274. The van der Waals surface area contributed by atoms with Crippen LogP contribution in [0.5, 0.6) is 5.75 Å². The monoisotopic (exact) mass is 316 g/mol. The quantitative estimate of drug-likeness (QED) is 0.910. The Labute approximate surface area is 124 Å². The summed E-state index contributed by atoms with van der Waals surface area (Å²) < 4.78 is 40.7. The van der Waals surface area contributed by atoms with Crippen molar-refractivity contribution in [2.45, 2.75) is 25.7 Å². The molecule has 114 valence electrons. The zero-order valence-corrected chi connectivity index (χ0v) is 12.4. The zero-order valence-electron chi connectivity index (χ0n) is 11.6. The Kier molecular flexibility index (Phi) is 4.84. The number of ether oxygens (including phenoxy) is 1. The van der Waals surface area contributed by atoms with E-state index < -0.39 is 6.36 Å². The molecule has 0 spiro atoms. The maximum atomic E-state index is 12.3. The molecule has 1 heterocycles. The summed E-state index contributed by atoms with van der Waals surface area (Å²) in [5, 5.41) is 6.01. The zero-order chi connectivity index (χ0) is 15.5. The first-order chi connectivity index (χ1) is 9.87. The summed E-state index contributed by atoms with van der Waals surface area (Å²) in [6, 6.07) is 5.88. The maximum absolute atomic E-state index is 12.3. The number of alkyl halides is 3. The van der Waals surface area contributed by atoms with Gasteiger partial charge in [0, 0.05) is 17.8 Å². The van der Waals surface area contributed by atoms with E-state index in [-0.39, 0.29) is 11.8 Å². The van der Waals surface area contributed by atoms with Gasteiger partial charge in [0.25, 0.3) is 0 Å². The molecule has 3 nitrogen and oxygen atoms in total. The van der Waals surface area contributed by atoms with E-state index in [4.69, 9.17) is 0 Å². The van der Waals surface area contributed by atoms with E-state index in [0.717, 1.165) is 16.3 Å². The average molecular weight is 316 g/mol. The number of rotatable bonds is 5. The van der Waals surface area contributed by atoms with Gasteiger partial charge in [-0.05, 0) is 31.7 Å². The normalized spacial score (nSPS) is 13.2. The second-order valence-electron chi connectivity index (χ2n) is 4.52. The van der Waals surface area contributed by atoms with Gasteiger partial charge < -0.3 is 10.1 Å². The average Bonchev–Trinajstić information content (AvgIpc) is 2.80. The van der Waals surface area contributed by atoms with Crippen LogP contribution in [0.2, 0.25) is 0 Å². The van der Waals surface area contributed by atoms with Gasteiger partial charge in [0.1, 0.15) is 5.75 Å². The minimum atomic E-state index is -4.68. The molecule has 0 amide bonds. The van der Waals surface area contributed by atoms with E-state index in [1.54, 1.807) is 30.5 Å². The fourth-order valence-electron chi connectivity index (χ4n) is 2.03. The summed E-state index contributed by atoms with van der Waals surface area (Å²) in [7, 11) is 1.77. The van der Waals surface area contributed by atoms with Crippen molar-refractivity contribution in [1.29, 1.82) is 0 Å². The Hall–Kier alpha value is -1.60. The first kappa shape index (κ1) is 15.8. The van der Waals surface area contributed by atoms with Gasteiger partial charge >= 0.3 is 6.36 Å². The third-order valence-electron chi connectivity index (χ3n) is 2.92. The molecule has 7 heteroatoms. The first-order valence-electron chi connectivity index (χ1n) is 6.31. The molecule has 0 radical (unpaired) electrons. The molecule has 21 heavy (non-hydrogen) atoms. The number of hydrogen-bond donors (Lipinski definition) is 1. The van der Waals surface area contributed by atoms with Crippen LogP contribution in [-0.2, 0) is 6.42 Å². The minimum absolute atomic E-state index is 0.122. The van der Waals surface area contributed by atoms with E-state index >= 15 is 0 Å². The largest absolute Gasteiger partial charge is 0.573 e. The molecule has 2 aromatic rings. The number of likely N-dealkylation sites (N-methyl/N-ethyl adjacent to an activating group) is 1. The molecule has 0 saturated heterocycles. The van der Waals surface area contributed by atoms with Crippen molar-refractivity contribution in [1.82, 2.24) is 10.3 Å². The Morgan fingerprint density at radius 1 is 1.38 bits per heavy atom. The van der Waals surface area contributed by atoms with Crippen molar-refractivity contribution in [2.24, 2.45) is 0 Å². The molecule has 0 fully saturated rings. The summed E-state index contributed by atoms with van der Waals surface area (Å²) >= 11 is 1.55. The van der Waals surface area contributed by atoms with Crippen LogP contribution in [0.1, 0.15) is 22.3 Å². The molecule has 1 atom stereocenters. The van der Waals surface area contributed by atoms with E-state index in [2.05, 4.69) is 15.0 Å². The standard InChI is InChI=1S/C14H15F3N2OS/c1-9-19-11(8-21-9)7-13(18-2)10-4-3-5-12(6-10)20-14(15,16)17/h3-6,8,13,18H,7H2,1-2H3. The topological polar surface area (TPSA) is 34.2 Å². The summed E-state index contributed by atoms with van der Waals surface area (Å²) in [4.78, 5) is 4.37. The molecule has 0 aliphatic carbocycles. The highest BCUT2D eigenvalue weighted by Crippen LogP contribution is 2.27. The molecule has 1 aromatic carbocycles. The molecular weight excluding hydrogens is 301 g/mol. The van der Waals surface area contributed by atoms with Crippen LogP contribution < -0.4 is 10.1 Å². The summed E-state index contributed by atoms with van der Waals surface area (Å²) in [6.07, 6.45) is -4.07. The van der Waals surface area contributed by atoms with Gasteiger partial charge in [0.2, 0.25) is 0 Å². The first-order valence-corrected chi connectivity index (χ1v) is 7.19. The van der Waals surface area contributed by atoms with Crippen molar-refractivity contribution < 1.29 is 17.9 Å². The predicted molar refractivity (Wildman–Crippen MR) is 75.5 cm³/mol. The predicted octanol–water partition coefficient (Wildman–Crippen LogP) is 3.85. The molecule has 2 rings (SSSR count). The highest BCUT2D eigenvalue weighted by molar-refractivity contribution is 7.09. The van der Waals surface area contributed by atoms with Gasteiger partial charge in [-0.15, -0.1) is 24.5 Å². The number of thiazole rings is 1.